The maximum atomic E-state index is 6.12. The average molecular weight is 266 g/mol. The standard InChI is InChI=1S/C15H22O2S/c1-4-13(18)15(12-8-6-5-7-9-12)16-10-14(2,3)11-17-15/h5-9,13,18H,4,10-11H2,1-3H3. The van der Waals surface area contributed by atoms with Gasteiger partial charge in [0.25, 0.3) is 0 Å². The minimum absolute atomic E-state index is 0.0380. The van der Waals surface area contributed by atoms with Crippen molar-refractivity contribution in [3.63, 3.8) is 0 Å². The maximum absolute atomic E-state index is 6.12. The van der Waals surface area contributed by atoms with Gasteiger partial charge in [0, 0.05) is 11.0 Å². The second kappa shape index (κ2) is 5.24. The molecule has 18 heavy (non-hydrogen) atoms. The van der Waals surface area contributed by atoms with Gasteiger partial charge in [-0.15, -0.1) is 0 Å². The van der Waals surface area contributed by atoms with Gasteiger partial charge in [-0.25, -0.2) is 0 Å². The summed E-state index contributed by atoms with van der Waals surface area (Å²) in [5.41, 5.74) is 1.13. The van der Waals surface area contributed by atoms with Gasteiger partial charge in [-0.3, -0.25) is 0 Å². The third-order valence-electron chi connectivity index (χ3n) is 3.36. The Morgan fingerprint density at radius 3 is 2.22 bits per heavy atom. The van der Waals surface area contributed by atoms with Crippen LogP contribution < -0.4 is 0 Å². The summed E-state index contributed by atoms with van der Waals surface area (Å²) >= 11 is 4.68. The van der Waals surface area contributed by atoms with Crippen molar-refractivity contribution in [2.24, 2.45) is 5.41 Å². The number of thiol groups is 1. The van der Waals surface area contributed by atoms with Crippen LogP contribution in [0.2, 0.25) is 0 Å². The van der Waals surface area contributed by atoms with Gasteiger partial charge < -0.3 is 9.47 Å². The molecule has 1 unspecified atom stereocenters. The Kier molecular flexibility index (Phi) is 4.05. The van der Waals surface area contributed by atoms with Crippen LogP contribution in [0.15, 0.2) is 30.3 Å². The predicted molar refractivity (Wildman–Crippen MR) is 76.9 cm³/mol. The third kappa shape index (κ3) is 2.58. The SMILES string of the molecule is CCC(S)C1(c2ccccc2)OCC(C)(C)CO1. The minimum Gasteiger partial charge on any atom is -0.344 e. The molecule has 1 heterocycles. The summed E-state index contributed by atoms with van der Waals surface area (Å²) in [6, 6.07) is 10.1. The molecule has 0 bridgehead atoms. The Balaban J connectivity index is 2.32. The van der Waals surface area contributed by atoms with Gasteiger partial charge >= 0.3 is 0 Å². The Morgan fingerprint density at radius 1 is 1.17 bits per heavy atom. The monoisotopic (exact) mass is 266 g/mol. The normalized spacial score (nSPS) is 23.6. The summed E-state index contributed by atoms with van der Waals surface area (Å²) < 4.78 is 12.2. The van der Waals surface area contributed by atoms with Crippen LogP contribution in [0.3, 0.4) is 0 Å². The molecule has 1 saturated heterocycles. The van der Waals surface area contributed by atoms with Crippen molar-refractivity contribution in [1.29, 1.82) is 0 Å². The molecular formula is C15H22O2S. The highest BCUT2D eigenvalue weighted by Gasteiger charge is 2.46. The zero-order valence-corrected chi connectivity index (χ0v) is 12.2. The van der Waals surface area contributed by atoms with Crippen molar-refractivity contribution in [2.45, 2.75) is 38.2 Å². The molecule has 1 atom stereocenters. The van der Waals surface area contributed by atoms with Crippen molar-refractivity contribution in [2.75, 3.05) is 13.2 Å². The first-order chi connectivity index (χ1) is 8.50. The molecule has 1 aliphatic heterocycles. The molecular weight excluding hydrogens is 244 g/mol. The van der Waals surface area contributed by atoms with E-state index in [0.29, 0.717) is 13.2 Å². The van der Waals surface area contributed by atoms with E-state index in [1.807, 2.05) is 18.2 Å². The third-order valence-corrected chi connectivity index (χ3v) is 4.06. The molecule has 0 N–H and O–H groups in total. The van der Waals surface area contributed by atoms with Gasteiger partial charge in [0.2, 0.25) is 5.79 Å². The van der Waals surface area contributed by atoms with Crippen molar-refractivity contribution < 1.29 is 9.47 Å². The first-order valence-electron chi connectivity index (χ1n) is 6.52. The molecule has 2 nitrogen and oxygen atoms in total. The number of rotatable bonds is 3. The summed E-state index contributed by atoms with van der Waals surface area (Å²) in [6.45, 7) is 7.80. The van der Waals surface area contributed by atoms with Crippen LogP contribution in [0.4, 0.5) is 0 Å². The first-order valence-corrected chi connectivity index (χ1v) is 7.03. The second-order valence-corrected chi connectivity index (χ2v) is 6.32. The Morgan fingerprint density at radius 2 is 1.72 bits per heavy atom. The molecule has 1 fully saturated rings. The van der Waals surface area contributed by atoms with E-state index in [0.717, 1.165) is 12.0 Å². The smallest absolute Gasteiger partial charge is 0.206 e. The Bertz CT molecular complexity index is 379. The van der Waals surface area contributed by atoms with Crippen molar-refractivity contribution in [1.82, 2.24) is 0 Å². The van der Waals surface area contributed by atoms with E-state index in [9.17, 15) is 0 Å². The van der Waals surface area contributed by atoms with Gasteiger partial charge in [-0.05, 0) is 6.42 Å². The number of hydrogen-bond donors (Lipinski definition) is 1. The highest BCUT2D eigenvalue weighted by molar-refractivity contribution is 7.81. The number of benzene rings is 1. The molecule has 2 rings (SSSR count). The van der Waals surface area contributed by atoms with Crippen molar-refractivity contribution in [3.05, 3.63) is 35.9 Å². The quantitative estimate of drug-likeness (QED) is 0.842. The fraction of sp³-hybridized carbons (Fsp3) is 0.600. The highest BCUT2D eigenvalue weighted by Crippen LogP contribution is 2.41. The molecule has 1 aliphatic rings. The topological polar surface area (TPSA) is 18.5 Å². The van der Waals surface area contributed by atoms with E-state index in [-0.39, 0.29) is 10.7 Å². The van der Waals surface area contributed by atoms with E-state index in [1.54, 1.807) is 0 Å². The molecule has 1 aromatic rings. The van der Waals surface area contributed by atoms with Crippen LogP contribution in [0.5, 0.6) is 0 Å². The van der Waals surface area contributed by atoms with E-state index in [2.05, 4.69) is 45.5 Å². The van der Waals surface area contributed by atoms with Gasteiger partial charge in [-0.2, -0.15) is 12.6 Å². The molecule has 0 amide bonds. The molecule has 0 aliphatic carbocycles. The zero-order valence-electron chi connectivity index (χ0n) is 11.3. The number of hydrogen-bond acceptors (Lipinski definition) is 3. The summed E-state index contributed by atoms with van der Waals surface area (Å²) in [6.07, 6.45) is 0.901. The number of ether oxygens (including phenoxy) is 2. The molecule has 0 saturated carbocycles. The van der Waals surface area contributed by atoms with Crippen LogP contribution in [-0.4, -0.2) is 18.5 Å². The molecule has 0 aromatic heterocycles. The lowest BCUT2D eigenvalue weighted by molar-refractivity contribution is -0.307. The molecule has 0 spiro atoms. The van der Waals surface area contributed by atoms with Gasteiger partial charge in [0.1, 0.15) is 0 Å². The fourth-order valence-electron chi connectivity index (χ4n) is 2.18. The molecule has 0 radical (unpaired) electrons. The van der Waals surface area contributed by atoms with Crippen LogP contribution in [-0.2, 0) is 15.3 Å². The van der Waals surface area contributed by atoms with Gasteiger partial charge in [0.15, 0.2) is 0 Å². The minimum atomic E-state index is -0.700. The van der Waals surface area contributed by atoms with Crippen LogP contribution in [0.1, 0.15) is 32.8 Å². The van der Waals surface area contributed by atoms with E-state index >= 15 is 0 Å². The predicted octanol–water partition coefficient (Wildman–Crippen LogP) is 3.62. The Hall–Kier alpha value is -0.510. The molecule has 100 valence electrons. The zero-order chi connectivity index (χ0) is 13.2. The maximum Gasteiger partial charge on any atom is 0.206 e. The lowest BCUT2D eigenvalue weighted by Gasteiger charge is -2.46. The van der Waals surface area contributed by atoms with Crippen molar-refractivity contribution in [3.8, 4) is 0 Å². The fourth-order valence-corrected chi connectivity index (χ4v) is 2.48. The lowest BCUT2D eigenvalue weighted by atomic mass is 9.92. The van der Waals surface area contributed by atoms with Crippen molar-refractivity contribution >= 4 is 12.6 Å². The first kappa shape index (κ1) is 13.9. The van der Waals surface area contributed by atoms with Crippen LogP contribution in [0, 0.1) is 5.41 Å². The van der Waals surface area contributed by atoms with E-state index < -0.39 is 5.79 Å². The van der Waals surface area contributed by atoms with Crippen LogP contribution >= 0.6 is 12.6 Å². The van der Waals surface area contributed by atoms with Gasteiger partial charge in [0.05, 0.1) is 18.5 Å². The lowest BCUT2D eigenvalue weighted by Crippen LogP contribution is -2.50. The molecule has 3 heteroatoms. The summed E-state index contributed by atoms with van der Waals surface area (Å²) in [5.74, 6) is -0.700. The molecule has 1 aromatic carbocycles. The average Bonchev–Trinajstić information content (AvgIpc) is 2.39. The van der Waals surface area contributed by atoms with E-state index in [1.165, 1.54) is 0 Å². The summed E-state index contributed by atoms with van der Waals surface area (Å²) in [7, 11) is 0. The van der Waals surface area contributed by atoms with Crippen LogP contribution in [0.25, 0.3) is 0 Å². The summed E-state index contributed by atoms with van der Waals surface area (Å²) in [4.78, 5) is 0. The Labute approximate surface area is 115 Å². The largest absolute Gasteiger partial charge is 0.344 e. The van der Waals surface area contributed by atoms with Gasteiger partial charge in [-0.1, -0.05) is 51.1 Å². The van der Waals surface area contributed by atoms with E-state index in [4.69, 9.17) is 9.47 Å². The second-order valence-electron chi connectivity index (χ2n) is 5.70. The summed E-state index contributed by atoms with van der Waals surface area (Å²) in [5, 5.41) is 0.0380. The highest BCUT2D eigenvalue weighted by atomic mass is 32.1.